The Morgan fingerprint density at radius 1 is 1.27 bits per heavy atom. The second-order valence-corrected chi connectivity index (χ2v) is 8.03. The topological polar surface area (TPSA) is 145 Å². The Hall–Kier alpha value is -3.51. The van der Waals surface area contributed by atoms with Gasteiger partial charge in [0.25, 0.3) is 5.91 Å². The zero-order chi connectivity index (χ0) is 21.7. The Bertz CT molecular complexity index is 1140. The first-order valence-corrected chi connectivity index (χ1v) is 10.2. The fourth-order valence-corrected chi connectivity index (χ4v) is 3.42. The van der Waals surface area contributed by atoms with E-state index in [1.54, 1.807) is 44.3 Å². The van der Waals surface area contributed by atoms with Crippen molar-refractivity contribution in [2.24, 2.45) is 7.05 Å². The molecule has 0 aliphatic rings. The minimum absolute atomic E-state index is 0.100. The molecule has 0 radical (unpaired) electrons. The molecule has 0 fully saturated rings. The maximum atomic E-state index is 12.7. The number of hydrogen-bond acceptors (Lipinski definition) is 8. The zero-order valence-corrected chi connectivity index (χ0v) is 16.9. The van der Waals surface area contributed by atoms with Crippen LogP contribution in [0, 0.1) is 6.92 Å². The lowest BCUT2D eigenvalue weighted by molar-refractivity contribution is -0.153. The second kappa shape index (κ2) is 8.88. The number of benzene rings is 1. The third-order valence-electron chi connectivity index (χ3n) is 3.87. The molecule has 0 bridgehead atoms. The lowest BCUT2D eigenvalue weighted by Crippen LogP contribution is -2.33. The van der Waals surface area contributed by atoms with Gasteiger partial charge in [-0.25, -0.2) is 8.42 Å². The molecule has 2 aromatic heterocycles. The van der Waals surface area contributed by atoms with Crippen LogP contribution in [0.2, 0.25) is 0 Å². The Kier molecular flexibility index (Phi) is 6.28. The van der Waals surface area contributed by atoms with E-state index in [2.05, 4.69) is 20.3 Å². The van der Waals surface area contributed by atoms with Crippen molar-refractivity contribution in [2.75, 3.05) is 11.9 Å². The number of anilines is 1. The molecule has 2 heterocycles. The van der Waals surface area contributed by atoms with Gasteiger partial charge in [0, 0.05) is 24.9 Å². The molecule has 0 saturated heterocycles. The average molecular weight is 433 g/mol. The predicted octanol–water partition coefficient (Wildman–Crippen LogP) is 0.918. The summed E-state index contributed by atoms with van der Waals surface area (Å²) in [5.41, 5.74) is 0.402. The number of aromatic nitrogens is 3. The molecule has 3 rings (SSSR count). The van der Waals surface area contributed by atoms with Gasteiger partial charge < -0.3 is 14.6 Å². The quantitative estimate of drug-likeness (QED) is 0.499. The maximum Gasteiger partial charge on any atom is 0.322 e. The Balaban J connectivity index is 1.69. The van der Waals surface area contributed by atoms with Crippen molar-refractivity contribution in [3.8, 4) is 0 Å². The highest BCUT2D eigenvalue weighted by atomic mass is 32.2. The largest absolute Gasteiger partial charge is 0.446 e. The third kappa shape index (κ3) is 5.30. The average Bonchev–Trinajstić information content (AvgIpc) is 3.33. The summed E-state index contributed by atoms with van der Waals surface area (Å²) in [6.07, 6.45) is 1.11. The summed E-state index contributed by atoms with van der Waals surface area (Å²) in [5, 5.41) is 9.94. The molecule has 158 valence electrons. The number of nitrogens with one attached hydrogen (secondary N) is 2. The van der Waals surface area contributed by atoms with E-state index in [4.69, 9.17) is 9.26 Å². The fourth-order valence-electron chi connectivity index (χ4n) is 2.47. The lowest BCUT2D eigenvalue weighted by atomic mass is 10.1. The van der Waals surface area contributed by atoms with Gasteiger partial charge in [0.2, 0.25) is 16.1 Å². The molecule has 2 N–H and O–H groups in total. The third-order valence-corrected chi connectivity index (χ3v) is 5.22. The van der Waals surface area contributed by atoms with E-state index < -0.39 is 34.5 Å². The van der Waals surface area contributed by atoms with E-state index in [0.29, 0.717) is 11.3 Å². The van der Waals surface area contributed by atoms with Gasteiger partial charge in [-0.1, -0.05) is 35.5 Å². The van der Waals surface area contributed by atoms with Crippen molar-refractivity contribution >= 4 is 27.7 Å². The van der Waals surface area contributed by atoms with Gasteiger partial charge in [0.1, 0.15) is 17.2 Å². The van der Waals surface area contributed by atoms with Crippen LogP contribution >= 0.6 is 0 Å². The van der Waals surface area contributed by atoms with E-state index in [0.717, 1.165) is 6.20 Å². The highest BCUT2D eigenvalue weighted by molar-refractivity contribution is 7.89. The van der Waals surface area contributed by atoms with Crippen LogP contribution in [0.1, 0.15) is 17.4 Å². The lowest BCUT2D eigenvalue weighted by Gasteiger charge is -2.17. The van der Waals surface area contributed by atoms with Crippen LogP contribution < -0.4 is 10.0 Å². The first-order chi connectivity index (χ1) is 14.2. The molecule has 11 nitrogen and oxygen atoms in total. The Morgan fingerprint density at radius 2 is 2.00 bits per heavy atom. The molecular formula is C18H19N5O6S. The molecule has 30 heavy (non-hydrogen) atoms. The highest BCUT2D eigenvalue weighted by Crippen LogP contribution is 2.20. The van der Waals surface area contributed by atoms with Gasteiger partial charge >= 0.3 is 5.97 Å². The Morgan fingerprint density at radius 3 is 2.60 bits per heavy atom. The van der Waals surface area contributed by atoms with Crippen molar-refractivity contribution in [3.63, 3.8) is 0 Å². The van der Waals surface area contributed by atoms with Crippen molar-refractivity contribution in [2.45, 2.75) is 17.9 Å². The van der Waals surface area contributed by atoms with Gasteiger partial charge in [-0.05, 0) is 6.92 Å². The number of amides is 1. The summed E-state index contributed by atoms with van der Waals surface area (Å²) in [6, 6.07) is 9.80. The second-order valence-electron chi connectivity index (χ2n) is 6.27. The molecule has 0 spiro atoms. The van der Waals surface area contributed by atoms with Crippen LogP contribution in [0.15, 0.2) is 58.2 Å². The van der Waals surface area contributed by atoms with Crippen LogP contribution in [-0.4, -0.2) is 41.8 Å². The summed E-state index contributed by atoms with van der Waals surface area (Å²) in [5.74, 6) is -0.962. The van der Waals surface area contributed by atoms with Crippen molar-refractivity contribution in [1.29, 1.82) is 0 Å². The molecule has 0 aliphatic heterocycles. The fraction of sp³-hybridized carbons (Fsp3) is 0.222. The SMILES string of the molecule is Cc1cc(NC(=O)C(OC(=O)CNS(=O)(=O)c2cnn(C)c2)c2ccccc2)no1. The number of carbonyl (C=O) groups is 2. The van der Waals surface area contributed by atoms with Gasteiger partial charge in [0.15, 0.2) is 5.82 Å². The van der Waals surface area contributed by atoms with Gasteiger partial charge in [-0.15, -0.1) is 0 Å². The van der Waals surface area contributed by atoms with E-state index in [1.807, 2.05) is 0 Å². The number of nitrogens with zero attached hydrogens (tertiary/aromatic N) is 3. The van der Waals surface area contributed by atoms with Crippen LogP contribution in [-0.2, 0) is 31.4 Å². The van der Waals surface area contributed by atoms with Crippen LogP contribution in [0.3, 0.4) is 0 Å². The standard InChI is InChI=1S/C18H19N5O6S/c1-12-8-15(22-29-12)21-18(25)17(13-6-4-3-5-7-13)28-16(24)10-20-30(26,27)14-9-19-23(2)11-14/h3-9,11,17,20H,10H2,1-2H3,(H,21,22,25). The summed E-state index contributed by atoms with van der Waals surface area (Å²) in [7, 11) is -2.40. The summed E-state index contributed by atoms with van der Waals surface area (Å²) >= 11 is 0. The highest BCUT2D eigenvalue weighted by Gasteiger charge is 2.27. The minimum atomic E-state index is -3.96. The summed E-state index contributed by atoms with van der Waals surface area (Å²) < 4.78 is 38.0. The molecule has 1 aromatic carbocycles. The monoisotopic (exact) mass is 433 g/mol. The molecule has 3 aromatic rings. The molecule has 1 amide bonds. The van der Waals surface area contributed by atoms with Crippen LogP contribution in [0.25, 0.3) is 0 Å². The van der Waals surface area contributed by atoms with Crippen LogP contribution in [0.4, 0.5) is 5.82 Å². The molecule has 0 saturated carbocycles. The number of carbonyl (C=O) groups excluding carboxylic acids is 2. The van der Waals surface area contributed by atoms with Gasteiger partial charge in [0.05, 0.1) is 6.20 Å². The summed E-state index contributed by atoms with van der Waals surface area (Å²) in [4.78, 5) is 24.8. The molecule has 12 heteroatoms. The Labute approximate surface area is 172 Å². The number of ether oxygens (including phenoxy) is 1. The molecule has 1 atom stereocenters. The van der Waals surface area contributed by atoms with Gasteiger partial charge in [-0.3, -0.25) is 14.3 Å². The molecule has 0 aliphatic carbocycles. The minimum Gasteiger partial charge on any atom is -0.446 e. The zero-order valence-electron chi connectivity index (χ0n) is 16.1. The van der Waals surface area contributed by atoms with E-state index in [1.165, 1.54) is 16.9 Å². The predicted molar refractivity (Wildman–Crippen MR) is 104 cm³/mol. The number of aryl methyl sites for hydroxylation is 2. The van der Waals surface area contributed by atoms with Gasteiger partial charge in [-0.2, -0.15) is 9.82 Å². The normalized spacial score (nSPS) is 12.3. The molecular weight excluding hydrogens is 414 g/mol. The summed E-state index contributed by atoms with van der Waals surface area (Å²) in [6.45, 7) is 0.989. The van der Waals surface area contributed by atoms with E-state index >= 15 is 0 Å². The van der Waals surface area contributed by atoms with E-state index in [9.17, 15) is 18.0 Å². The van der Waals surface area contributed by atoms with E-state index in [-0.39, 0.29) is 10.7 Å². The number of hydrogen-bond donors (Lipinski definition) is 2. The first kappa shape index (κ1) is 21.2. The van der Waals surface area contributed by atoms with Crippen LogP contribution in [0.5, 0.6) is 0 Å². The smallest absolute Gasteiger partial charge is 0.322 e. The number of esters is 1. The number of rotatable bonds is 8. The van der Waals surface area contributed by atoms with Crippen molar-refractivity contribution < 1.29 is 27.3 Å². The first-order valence-electron chi connectivity index (χ1n) is 8.71. The number of sulfonamides is 1. The van der Waals surface area contributed by atoms with Crippen molar-refractivity contribution in [1.82, 2.24) is 19.7 Å². The maximum absolute atomic E-state index is 12.7. The van der Waals surface area contributed by atoms with Crippen molar-refractivity contribution in [3.05, 3.63) is 60.1 Å². The molecule has 1 unspecified atom stereocenters.